The molecule has 1 atom stereocenters. The molecule has 2 aliphatic heterocycles. The standard InChI is InChI=1S/C22H24FN3O4/c23-19-8-6-18(7-9-19)20(27)25-10-12-29-22(15-25)16-26(11-13-30-22)21(28)24-14-17-4-2-1-3-5-17/h1-9H,10-16H2,(H,24,28). The number of carbonyl (C=O) groups excluding carboxylic acids is 2. The van der Waals surface area contributed by atoms with E-state index in [-0.39, 0.29) is 25.0 Å². The Morgan fingerprint density at radius 2 is 1.57 bits per heavy atom. The second-order valence-corrected chi connectivity index (χ2v) is 7.41. The number of nitrogens with one attached hydrogen (secondary N) is 1. The van der Waals surface area contributed by atoms with Gasteiger partial charge >= 0.3 is 6.03 Å². The third kappa shape index (κ3) is 4.60. The first-order valence-electron chi connectivity index (χ1n) is 9.94. The van der Waals surface area contributed by atoms with Crippen molar-refractivity contribution in [1.82, 2.24) is 15.1 Å². The summed E-state index contributed by atoms with van der Waals surface area (Å²) in [5, 5.41) is 2.92. The minimum absolute atomic E-state index is 0.200. The summed E-state index contributed by atoms with van der Waals surface area (Å²) in [6.07, 6.45) is 0. The van der Waals surface area contributed by atoms with Gasteiger partial charge in [0.2, 0.25) is 5.79 Å². The SMILES string of the molecule is O=C(NCc1ccccc1)N1CCOC2(C1)CN(C(=O)c1ccc(F)cc1)CCO2. The predicted molar refractivity (Wildman–Crippen MR) is 107 cm³/mol. The van der Waals surface area contributed by atoms with Gasteiger partial charge in [-0.15, -0.1) is 0 Å². The Labute approximate surface area is 174 Å². The van der Waals surface area contributed by atoms with E-state index in [0.29, 0.717) is 38.4 Å². The minimum Gasteiger partial charge on any atom is -0.345 e. The van der Waals surface area contributed by atoms with Crippen LogP contribution in [0.5, 0.6) is 0 Å². The van der Waals surface area contributed by atoms with Crippen molar-refractivity contribution < 1.29 is 23.5 Å². The molecule has 0 aromatic heterocycles. The highest BCUT2D eigenvalue weighted by molar-refractivity contribution is 5.94. The van der Waals surface area contributed by atoms with Gasteiger partial charge in [-0.05, 0) is 29.8 Å². The molecule has 0 radical (unpaired) electrons. The highest BCUT2D eigenvalue weighted by Crippen LogP contribution is 2.26. The first-order chi connectivity index (χ1) is 14.5. The molecule has 1 N–H and O–H groups in total. The Bertz CT molecular complexity index is 889. The van der Waals surface area contributed by atoms with Crippen LogP contribution in [-0.2, 0) is 16.0 Å². The van der Waals surface area contributed by atoms with Crippen molar-refractivity contribution in [3.05, 3.63) is 71.5 Å². The Kier molecular flexibility index (Phi) is 5.96. The second kappa shape index (κ2) is 8.81. The molecule has 30 heavy (non-hydrogen) atoms. The van der Waals surface area contributed by atoms with E-state index in [2.05, 4.69) is 5.32 Å². The highest BCUT2D eigenvalue weighted by atomic mass is 19.1. The maximum Gasteiger partial charge on any atom is 0.317 e. The molecule has 1 spiro atoms. The van der Waals surface area contributed by atoms with E-state index in [9.17, 15) is 14.0 Å². The molecule has 1 unspecified atom stereocenters. The van der Waals surface area contributed by atoms with Gasteiger partial charge in [0.25, 0.3) is 5.91 Å². The van der Waals surface area contributed by atoms with E-state index in [1.807, 2.05) is 30.3 Å². The van der Waals surface area contributed by atoms with Crippen molar-refractivity contribution in [2.75, 3.05) is 39.4 Å². The number of hydrogen-bond acceptors (Lipinski definition) is 4. The average Bonchev–Trinajstić information content (AvgIpc) is 2.78. The maximum absolute atomic E-state index is 13.2. The minimum atomic E-state index is -1.06. The van der Waals surface area contributed by atoms with Crippen molar-refractivity contribution >= 4 is 11.9 Å². The van der Waals surface area contributed by atoms with Crippen molar-refractivity contribution in [1.29, 1.82) is 0 Å². The number of urea groups is 1. The average molecular weight is 413 g/mol. The highest BCUT2D eigenvalue weighted by Gasteiger charge is 2.44. The van der Waals surface area contributed by atoms with Crippen LogP contribution in [0.1, 0.15) is 15.9 Å². The van der Waals surface area contributed by atoms with Gasteiger partial charge in [0.1, 0.15) is 5.82 Å². The van der Waals surface area contributed by atoms with Crippen molar-refractivity contribution in [2.24, 2.45) is 0 Å². The van der Waals surface area contributed by atoms with E-state index in [1.54, 1.807) is 9.80 Å². The fourth-order valence-corrected chi connectivity index (χ4v) is 3.70. The summed E-state index contributed by atoms with van der Waals surface area (Å²) >= 11 is 0. The van der Waals surface area contributed by atoms with E-state index in [0.717, 1.165) is 5.56 Å². The molecular formula is C22H24FN3O4. The van der Waals surface area contributed by atoms with E-state index in [1.165, 1.54) is 24.3 Å². The maximum atomic E-state index is 13.2. The van der Waals surface area contributed by atoms with Crippen LogP contribution in [0.15, 0.2) is 54.6 Å². The molecule has 2 fully saturated rings. The van der Waals surface area contributed by atoms with Crippen molar-refractivity contribution in [3.8, 4) is 0 Å². The van der Waals surface area contributed by atoms with Crippen LogP contribution >= 0.6 is 0 Å². The van der Waals surface area contributed by atoms with Gasteiger partial charge in [0, 0.05) is 25.2 Å². The van der Waals surface area contributed by atoms with Gasteiger partial charge < -0.3 is 24.6 Å². The van der Waals surface area contributed by atoms with Crippen molar-refractivity contribution in [3.63, 3.8) is 0 Å². The van der Waals surface area contributed by atoms with Crippen LogP contribution in [0.2, 0.25) is 0 Å². The largest absolute Gasteiger partial charge is 0.345 e. The third-order valence-corrected chi connectivity index (χ3v) is 5.27. The van der Waals surface area contributed by atoms with Crippen LogP contribution in [-0.4, -0.2) is 66.9 Å². The van der Waals surface area contributed by atoms with E-state index in [4.69, 9.17) is 9.47 Å². The van der Waals surface area contributed by atoms with Crippen LogP contribution in [0.4, 0.5) is 9.18 Å². The molecule has 2 aromatic rings. The van der Waals surface area contributed by atoms with E-state index >= 15 is 0 Å². The topological polar surface area (TPSA) is 71.1 Å². The smallest absolute Gasteiger partial charge is 0.317 e. The molecule has 8 heteroatoms. The summed E-state index contributed by atoms with van der Waals surface area (Å²) in [5.41, 5.74) is 1.42. The molecule has 158 valence electrons. The lowest BCUT2D eigenvalue weighted by Gasteiger charge is -2.47. The molecule has 0 bridgehead atoms. The Morgan fingerprint density at radius 1 is 0.933 bits per heavy atom. The lowest BCUT2D eigenvalue weighted by Crippen LogP contribution is -2.64. The van der Waals surface area contributed by atoms with Crippen LogP contribution < -0.4 is 5.32 Å². The number of carbonyl (C=O) groups is 2. The summed E-state index contributed by atoms with van der Waals surface area (Å²) in [6.45, 7) is 2.31. The fraction of sp³-hybridized carbons (Fsp3) is 0.364. The molecule has 2 saturated heterocycles. The van der Waals surface area contributed by atoms with Gasteiger partial charge in [-0.1, -0.05) is 30.3 Å². The number of nitrogens with zero attached hydrogens (tertiary/aromatic N) is 2. The number of halogens is 1. The third-order valence-electron chi connectivity index (χ3n) is 5.27. The molecular weight excluding hydrogens is 389 g/mol. The Morgan fingerprint density at radius 3 is 2.27 bits per heavy atom. The monoisotopic (exact) mass is 413 g/mol. The summed E-state index contributed by atoms with van der Waals surface area (Å²) in [4.78, 5) is 28.7. The molecule has 7 nitrogen and oxygen atoms in total. The number of morpholine rings is 2. The molecule has 0 aliphatic carbocycles. The number of amides is 3. The number of ether oxygens (including phenoxy) is 2. The van der Waals surface area contributed by atoms with Gasteiger partial charge in [-0.25, -0.2) is 9.18 Å². The molecule has 4 rings (SSSR count). The van der Waals surface area contributed by atoms with E-state index < -0.39 is 11.6 Å². The zero-order valence-electron chi connectivity index (χ0n) is 16.6. The van der Waals surface area contributed by atoms with Crippen LogP contribution in [0, 0.1) is 5.82 Å². The molecule has 2 aliphatic rings. The fourth-order valence-electron chi connectivity index (χ4n) is 3.70. The molecule has 2 heterocycles. The first kappa shape index (κ1) is 20.3. The molecule has 2 aromatic carbocycles. The van der Waals surface area contributed by atoms with Crippen LogP contribution in [0.25, 0.3) is 0 Å². The van der Waals surface area contributed by atoms with Gasteiger partial charge in [0.05, 0.1) is 26.3 Å². The zero-order valence-corrected chi connectivity index (χ0v) is 16.6. The lowest BCUT2D eigenvalue weighted by molar-refractivity contribution is -0.281. The molecule has 3 amide bonds. The molecule has 0 saturated carbocycles. The van der Waals surface area contributed by atoms with Gasteiger partial charge in [-0.2, -0.15) is 0 Å². The zero-order chi connectivity index (χ0) is 21.0. The predicted octanol–water partition coefficient (Wildman–Crippen LogP) is 2.24. The summed E-state index contributed by atoms with van der Waals surface area (Å²) in [5.74, 6) is -1.67. The number of benzene rings is 2. The Balaban J connectivity index is 1.38. The summed E-state index contributed by atoms with van der Waals surface area (Å²) in [7, 11) is 0. The summed E-state index contributed by atoms with van der Waals surface area (Å²) in [6, 6.07) is 14.9. The Hall–Kier alpha value is -2.97. The quantitative estimate of drug-likeness (QED) is 0.838. The summed E-state index contributed by atoms with van der Waals surface area (Å²) < 4.78 is 24.9. The van der Waals surface area contributed by atoms with Crippen LogP contribution in [0.3, 0.4) is 0 Å². The normalized spacial score (nSPS) is 21.5. The first-order valence-corrected chi connectivity index (χ1v) is 9.94. The number of rotatable bonds is 3. The second-order valence-electron chi connectivity index (χ2n) is 7.41. The van der Waals surface area contributed by atoms with Gasteiger partial charge in [-0.3, -0.25) is 4.79 Å². The number of hydrogen-bond donors (Lipinski definition) is 1. The van der Waals surface area contributed by atoms with Gasteiger partial charge in [0.15, 0.2) is 0 Å². The van der Waals surface area contributed by atoms with Crippen molar-refractivity contribution in [2.45, 2.75) is 12.3 Å². The lowest BCUT2D eigenvalue weighted by atomic mass is 10.1.